The molecule has 6 nitrogen and oxygen atoms in total. The number of ether oxygens (including phenoxy) is 1. The molecule has 1 aliphatic rings. The minimum atomic E-state index is -0.288. The average molecular weight is 402 g/mol. The Morgan fingerprint density at radius 1 is 1.18 bits per heavy atom. The van der Waals surface area contributed by atoms with Gasteiger partial charge in [0.1, 0.15) is 6.61 Å². The third-order valence-electron chi connectivity index (χ3n) is 4.68. The molecule has 0 unspecified atom stereocenters. The van der Waals surface area contributed by atoms with E-state index >= 15 is 0 Å². The zero-order valence-electron chi connectivity index (χ0n) is 15.8. The van der Waals surface area contributed by atoms with E-state index in [2.05, 4.69) is 27.7 Å². The molecule has 1 saturated heterocycles. The molecule has 28 heavy (non-hydrogen) atoms. The number of likely N-dealkylation sites (tertiary alicyclic amines) is 1. The van der Waals surface area contributed by atoms with Crippen LogP contribution >= 0.6 is 11.6 Å². The number of halogens is 1. The van der Waals surface area contributed by atoms with Gasteiger partial charge in [-0.25, -0.2) is 0 Å². The van der Waals surface area contributed by atoms with Gasteiger partial charge in [-0.1, -0.05) is 41.9 Å². The van der Waals surface area contributed by atoms with Gasteiger partial charge in [0.05, 0.1) is 16.8 Å². The first-order chi connectivity index (χ1) is 13.6. The summed E-state index contributed by atoms with van der Waals surface area (Å²) >= 11 is 6.24. The van der Waals surface area contributed by atoms with Crippen molar-refractivity contribution in [3.05, 3.63) is 59.1 Å². The molecule has 2 aromatic carbocycles. The van der Waals surface area contributed by atoms with Crippen molar-refractivity contribution in [3.8, 4) is 0 Å². The number of hydrogen-bond donors (Lipinski definition) is 2. The third kappa shape index (κ3) is 5.32. The fourth-order valence-electron chi connectivity index (χ4n) is 3.37. The topological polar surface area (TPSA) is 70.7 Å². The molecular weight excluding hydrogens is 378 g/mol. The van der Waals surface area contributed by atoms with E-state index in [9.17, 15) is 9.59 Å². The van der Waals surface area contributed by atoms with Gasteiger partial charge in [-0.15, -0.1) is 0 Å². The van der Waals surface area contributed by atoms with Crippen LogP contribution in [0.25, 0.3) is 0 Å². The normalized spacial score (nSPS) is 16.7. The highest BCUT2D eigenvalue weighted by molar-refractivity contribution is 6.34. The Kier molecular flexibility index (Phi) is 7.03. The van der Waals surface area contributed by atoms with Crippen molar-refractivity contribution >= 4 is 34.8 Å². The molecule has 2 aromatic rings. The minimum Gasteiger partial charge on any atom is -0.375 e. The summed E-state index contributed by atoms with van der Waals surface area (Å²) in [4.78, 5) is 26.6. The number of anilines is 2. The van der Waals surface area contributed by atoms with E-state index in [-0.39, 0.29) is 24.5 Å². The maximum atomic E-state index is 12.8. The summed E-state index contributed by atoms with van der Waals surface area (Å²) in [6, 6.07) is 15.0. The van der Waals surface area contributed by atoms with Crippen molar-refractivity contribution < 1.29 is 14.3 Å². The van der Waals surface area contributed by atoms with Crippen molar-refractivity contribution in [1.29, 1.82) is 0 Å². The second-order valence-electron chi connectivity index (χ2n) is 6.78. The molecule has 0 aliphatic carbocycles. The lowest BCUT2D eigenvalue weighted by Crippen LogP contribution is -2.39. The number of rotatable bonds is 7. The summed E-state index contributed by atoms with van der Waals surface area (Å²) in [7, 11) is 1.45. The number of carbonyl (C=O) groups excluding carboxylic acids is 2. The molecule has 7 heteroatoms. The SMILES string of the molecule is COCC(=O)Nc1ccc(NC(=O)[C@@H]2CCCN2Cc2ccccc2)cc1Cl. The van der Waals surface area contributed by atoms with Crippen molar-refractivity contribution in [3.63, 3.8) is 0 Å². The van der Waals surface area contributed by atoms with E-state index in [0.29, 0.717) is 16.4 Å². The Morgan fingerprint density at radius 2 is 1.96 bits per heavy atom. The van der Waals surface area contributed by atoms with Gasteiger partial charge >= 0.3 is 0 Å². The Morgan fingerprint density at radius 3 is 2.68 bits per heavy atom. The summed E-state index contributed by atoms with van der Waals surface area (Å²) < 4.78 is 4.78. The van der Waals surface area contributed by atoms with Gasteiger partial charge < -0.3 is 15.4 Å². The maximum absolute atomic E-state index is 12.8. The van der Waals surface area contributed by atoms with E-state index in [4.69, 9.17) is 16.3 Å². The highest BCUT2D eigenvalue weighted by atomic mass is 35.5. The lowest BCUT2D eigenvalue weighted by Gasteiger charge is -2.24. The van der Waals surface area contributed by atoms with Crippen molar-refractivity contribution in [1.82, 2.24) is 4.90 Å². The number of hydrogen-bond acceptors (Lipinski definition) is 4. The summed E-state index contributed by atoms with van der Waals surface area (Å²) in [5.41, 5.74) is 2.28. The van der Waals surface area contributed by atoms with Gasteiger partial charge in [-0.05, 0) is 43.1 Å². The first kappa shape index (κ1) is 20.3. The Labute approximate surface area is 169 Å². The first-order valence-corrected chi connectivity index (χ1v) is 9.62. The second kappa shape index (κ2) is 9.68. The largest absolute Gasteiger partial charge is 0.375 e. The molecule has 0 bridgehead atoms. The molecule has 3 rings (SSSR count). The number of nitrogens with one attached hydrogen (secondary N) is 2. The standard InChI is InChI=1S/C21H24ClN3O3/c1-28-14-20(26)24-18-10-9-16(12-17(18)22)23-21(27)19-8-5-11-25(19)13-15-6-3-2-4-7-15/h2-4,6-7,9-10,12,19H,5,8,11,13-14H2,1H3,(H,23,27)(H,24,26)/t19-/m0/s1. The molecule has 1 fully saturated rings. The fraction of sp³-hybridized carbons (Fsp3) is 0.333. The average Bonchev–Trinajstić information content (AvgIpc) is 3.13. The van der Waals surface area contributed by atoms with Crippen LogP contribution in [-0.2, 0) is 20.9 Å². The van der Waals surface area contributed by atoms with E-state index in [0.717, 1.165) is 25.9 Å². The third-order valence-corrected chi connectivity index (χ3v) is 4.99. The Balaban J connectivity index is 1.62. The van der Waals surface area contributed by atoms with Gasteiger partial charge in [0, 0.05) is 19.3 Å². The fourth-order valence-corrected chi connectivity index (χ4v) is 3.60. The summed E-state index contributed by atoms with van der Waals surface area (Å²) in [5.74, 6) is -0.329. The molecule has 2 amide bonds. The molecule has 1 heterocycles. The minimum absolute atomic E-state index is 0.0410. The highest BCUT2D eigenvalue weighted by Gasteiger charge is 2.30. The van der Waals surface area contributed by atoms with Crippen LogP contribution < -0.4 is 10.6 Å². The predicted molar refractivity (Wildman–Crippen MR) is 110 cm³/mol. The summed E-state index contributed by atoms with van der Waals surface area (Å²) in [5, 5.41) is 5.96. The van der Waals surface area contributed by atoms with Gasteiger partial charge in [0.2, 0.25) is 11.8 Å². The number of benzene rings is 2. The smallest absolute Gasteiger partial charge is 0.250 e. The van der Waals surface area contributed by atoms with Gasteiger partial charge in [0.15, 0.2) is 0 Å². The number of carbonyl (C=O) groups is 2. The van der Waals surface area contributed by atoms with Crippen LogP contribution in [0.15, 0.2) is 48.5 Å². The summed E-state index contributed by atoms with van der Waals surface area (Å²) in [6.07, 6.45) is 1.83. The van der Waals surface area contributed by atoms with Crippen LogP contribution in [0.1, 0.15) is 18.4 Å². The Hall–Kier alpha value is -2.41. The van der Waals surface area contributed by atoms with Crippen LogP contribution in [0.2, 0.25) is 5.02 Å². The van der Waals surface area contributed by atoms with E-state index in [1.165, 1.54) is 12.7 Å². The van der Waals surface area contributed by atoms with Crippen LogP contribution in [0.4, 0.5) is 11.4 Å². The second-order valence-corrected chi connectivity index (χ2v) is 7.19. The van der Waals surface area contributed by atoms with E-state index in [1.54, 1.807) is 18.2 Å². The van der Waals surface area contributed by atoms with Crippen molar-refractivity contribution in [2.75, 3.05) is 30.9 Å². The van der Waals surface area contributed by atoms with Crippen LogP contribution in [0.3, 0.4) is 0 Å². The van der Waals surface area contributed by atoms with Gasteiger partial charge in [0.25, 0.3) is 0 Å². The molecule has 0 spiro atoms. The lowest BCUT2D eigenvalue weighted by molar-refractivity contribution is -0.121. The van der Waals surface area contributed by atoms with Gasteiger partial charge in [-0.2, -0.15) is 0 Å². The van der Waals surface area contributed by atoms with Crippen LogP contribution in [0, 0.1) is 0 Å². The first-order valence-electron chi connectivity index (χ1n) is 9.24. The molecule has 1 atom stereocenters. The molecule has 0 aromatic heterocycles. The molecule has 0 saturated carbocycles. The number of methoxy groups -OCH3 is 1. The molecule has 2 N–H and O–H groups in total. The zero-order valence-corrected chi connectivity index (χ0v) is 16.5. The van der Waals surface area contributed by atoms with Crippen LogP contribution in [0.5, 0.6) is 0 Å². The monoisotopic (exact) mass is 401 g/mol. The molecule has 148 valence electrons. The zero-order chi connectivity index (χ0) is 19.9. The molecule has 1 aliphatic heterocycles. The highest BCUT2D eigenvalue weighted by Crippen LogP contribution is 2.27. The molecular formula is C21H24ClN3O3. The van der Waals surface area contributed by atoms with E-state index < -0.39 is 0 Å². The van der Waals surface area contributed by atoms with Crippen molar-refractivity contribution in [2.24, 2.45) is 0 Å². The summed E-state index contributed by atoms with van der Waals surface area (Å²) in [6.45, 7) is 1.61. The number of amides is 2. The van der Waals surface area contributed by atoms with E-state index in [1.807, 2.05) is 18.2 Å². The molecule has 0 radical (unpaired) electrons. The van der Waals surface area contributed by atoms with Crippen molar-refractivity contribution in [2.45, 2.75) is 25.4 Å². The van der Waals surface area contributed by atoms with Crippen LogP contribution in [-0.4, -0.2) is 43.0 Å². The maximum Gasteiger partial charge on any atom is 0.250 e. The lowest BCUT2D eigenvalue weighted by atomic mass is 10.1. The number of nitrogens with zero attached hydrogens (tertiary/aromatic N) is 1. The Bertz CT molecular complexity index is 829. The van der Waals surface area contributed by atoms with Gasteiger partial charge in [-0.3, -0.25) is 14.5 Å². The quantitative estimate of drug-likeness (QED) is 0.744. The predicted octanol–water partition coefficient (Wildman–Crippen LogP) is 3.53.